The van der Waals surface area contributed by atoms with E-state index in [-0.39, 0.29) is 5.78 Å². The SMILES string of the molecule is COCCC(=O)Cc1ccc(C)cc1Cl. The first-order valence-electron chi connectivity index (χ1n) is 4.89. The van der Waals surface area contributed by atoms with Crippen molar-refractivity contribution in [3.05, 3.63) is 34.3 Å². The van der Waals surface area contributed by atoms with Crippen LogP contribution in [0.5, 0.6) is 0 Å². The molecule has 0 radical (unpaired) electrons. The molecule has 2 nitrogen and oxygen atoms in total. The summed E-state index contributed by atoms with van der Waals surface area (Å²) in [6.07, 6.45) is 0.836. The highest BCUT2D eigenvalue weighted by molar-refractivity contribution is 6.31. The third-order valence-electron chi connectivity index (χ3n) is 2.18. The van der Waals surface area contributed by atoms with Crippen molar-refractivity contribution in [3.63, 3.8) is 0 Å². The molecule has 1 aromatic carbocycles. The van der Waals surface area contributed by atoms with Gasteiger partial charge in [-0.2, -0.15) is 0 Å². The van der Waals surface area contributed by atoms with Crippen LogP contribution in [0.4, 0.5) is 0 Å². The highest BCUT2D eigenvalue weighted by Crippen LogP contribution is 2.18. The molecule has 0 saturated heterocycles. The fourth-order valence-electron chi connectivity index (χ4n) is 1.31. The number of ketones is 1. The minimum absolute atomic E-state index is 0.155. The van der Waals surface area contributed by atoms with Gasteiger partial charge in [0.15, 0.2) is 0 Å². The van der Waals surface area contributed by atoms with Crippen molar-refractivity contribution >= 4 is 17.4 Å². The zero-order valence-electron chi connectivity index (χ0n) is 9.05. The third-order valence-corrected chi connectivity index (χ3v) is 2.53. The largest absolute Gasteiger partial charge is 0.384 e. The number of methoxy groups -OCH3 is 1. The van der Waals surface area contributed by atoms with E-state index in [1.165, 1.54) is 0 Å². The molecule has 15 heavy (non-hydrogen) atoms. The fourth-order valence-corrected chi connectivity index (χ4v) is 1.61. The molecule has 82 valence electrons. The normalized spacial score (nSPS) is 10.3. The monoisotopic (exact) mass is 226 g/mol. The summed E-state index contributed by atoms with van der Waals surface area (Å²) in [5.74, 6) is 0.155. The molecule has 1 aromatic rings. The second-order valence-electron chi connectivity index (χ2n) is 3.55. The summed E-state index contributed by atoms with van der Waals surface area (Å²) >= 11 is 6.02. The molecule has 0 saturated carbocycles. The lowest BCUT2D eigenvalue weighted by molar-refractivity contribution is -0.119. The van der Waals surface area contributed by atoms with Gasteiger partial charge < -0.3 is 4.74 Å². The van der Waals surface area contributed by atoms with Crippen LogP contribution in [0.3, 0.4) is 0 Å². The molecular weight excluding hydrogens is 212 g/mol. The minimum atomic E-state index is 0.155. The number of Topliss-reactive ketones (excluding diaryl/α,β-unsaturated/α-hetero) is 1. The van der Waals surface area contributed by atoms with Gasteiger partial charge in [0.25, 0.3) is 0 Å². The molecular formula is C12H15ClO2. The molecule has 0 N–H and O–H groups in total. The van der Waals surface area contributed by atoms with E-state index < -0.39 is 0 Å². The number of halogens is 1. The van der Waals surface area contributed by atoms with Crippen molar-refractivity contribution in [2.75, 3.05) is 13.7 Å². The summed E-state index contributed by atoms with van der Waals surface area (Å²) in [5.41, 5.74) is 2.00. The van der Waals surface area contributed by atoms with E-state index in [0.29, 0.717) is 24.5 Å². The number of rotatable bonds is 5. The van der Waals surface area contributed by atoms with Gasteiger partial charge in [0.2, 0.25) is 0 Å². The van der Waals surface area contributed by atoms with Crippen molar-refractivity contribution in [2.45, 2.75) is 19.8 Å². The van der Waals surface area contributed by atoms with E-state index in [1.54, 1.807) is 7.11 Å². The molecule has 0 aliphatic rings. The molecule has 0 atom stereocenters. The second-order valence-corrected chi connectivity index (χ2v) is 3.96. The average molecular weight is 227 g/mol. The van der Waals surface area contributed by atoms with Crippen molar-refractivity contribution in [2.24, 2.45) is 0 Å². The maximum absolute atomic E-state index is 11.5. The van der Waals surface area contributed by atoms with Gasteiger partial charge in [0.05, 0.1) is 6.61 Å². The quantitative estimate of drug-likeness (QED) is 0.772. The highest BCUT2D eigenvalue weighted by Gasteiger charge is 2.06. The zero-order valence-corrected chi connectivity index (χ0v) is 9.80. The number of carbonyl (C=O) groups excluding carboxylic acids is 1. The molecule has 0 amide bonds. The maximum atomic E-state index is 11.5. The van der Waals surface area contributed by atoms with Crippen molar-refractivity contribution in [3.8, 4) is 0 Å². The van der Waals surface area contributed by atoms with E-state index in [4.69, 9.17) is 16.3 Å². The Hall–Kier alpha value is -0.860. The molecule has 1 rings (SSSR count). The molecule has 0 bridgehead atoms. The Morgan fingerprint density at radius 1 is 1.47 bits per heavy atom. The van der Waals surface area contributed by atoms with Gasteiger partial charge in [-0.05, 0) is 24.1 Å². The van der Waals surface area contributed by atoms with E-state index >= 15 is 0 Å². The van der Waals surface area contributed by atoms with Gasteiger partial charge in [0, 0.05) is 25.0 Å². The van der Waals surface area contributed by atoms with Crippen LogP contribution in [-0.4, -0.2) is 19.5 Å². The van der Waals surface area contributed by atoms with Gasteiger partial charge in [-0.1, -0.05) is 23.7 Å². The number of ether oxygens (including phenoxy) is 1. The molecule has 0 aliphatic carbocycles. The maximum Gasteiger partial charge on any atom is 0.139 e. The number of hydrogen-bond donors (Lipinski definition) is 0. The Morgan fingerprint density at radius 2 is 2.20 bits per heavy atom. The molecule has 0 heterocycles. The Labute approximate surface area is 95.2 Å². The topological polar surface area (TPSA) is 26.3 Å². The molecule has 0 fully saturated rings. The fraction of sp³-hybridized carbons (Fsp3) is 0.417. The lowest BCUT2D eigenvalue weighted by Gasteiger charge is -2.04. The van der Waals surface area contributed by atoms with Crippen LogP contribution in [0.1, 0.15) is 17.5 Å². The van der Waals surface area contributed by atoms with Gasteiger partial charge in [0.1, 0.15) is 5.78 Å². The molecule has 0 aromatic heterocycles. The Kier molecular flexibility index (Phi) is 4.79. The first-order valence-corrected chi connectivity index (χ1v) is 5.27. The predicted octanol–water partition coefficient (Wildman–Crippen LogP) is 2.80. The van der Waals surface area contributed by atoms with Crippen LogP contribution in [0.15, 0.2) is 18.2 Å². The molecule has 0 unspecified atom stereocenters. The zero-order chi connectivity index (χ0) is 11.3. The van der Waals surface area contributed by atoms with Crippen molar-refractivity contribution in [1.82, 2.24) is 0 Å². The van der Waals surface area contributed by atoms with Gasteiger partial charge in [-0.25, -0.2) is 0 Å². The number of aryl methyl sites for hydroxylation is 1. The highest BCUT2D eigenvalue weighted by atomic mass is 35.5. The van der Waals surface area contributed by atoms with Gasteiger partial charge in [-0.15, -0.1) is 0 Å². The summed E-state index contributed by atoms with van der Waals surface area (Å²) in [6.45, 7) is 2.45. The average Bonchev–Trinajstić information content (AvgIpc) is 2.19. The summed E-state index contributed by atoms with van der Waals surface area (Å²) in [4.78, 5) is 11.5. The standard InChI is InChI=1S/C12H15ClO2/c1-9-3-4-10(12(13)7-9)8-11(14)5-6-15-2/h3-4,7H,5-6,8H2,1-2H3. The first kappa shape index (κ1) is 12.2. The summed E-state index contributed by atoms with van der Waals surface area (Å²) in [6, 6.07) is 5.74. The predicted molar refractivity (Wildman–Crippen MR) is 61.4 cm³/mol. The van der Waals surface area contributed by atoms with Crippen LogP contribution in [-0.2, 0) is 16.0 Å². The number of hydrogen-bond acceptors (Lipinski definition) is 2. The van der Waals surface area contributed by atoms with Crippen LogP contribution >= 0.6 is 11.6 Å². The molecule has 3 heteroatoms. The van der Waals surface area contributed by atoms with Crippen LogP contribution in [0.2, 0.25) is 5.02 Å². The lowest BCUT2D eigenvalue weighted by Crippen LogP contribution is -2.06. The summed E-state index contributed by atoms with van der Waals surface area (Å²) in [7, 11) is 1.59. The van der Waals surface area contributed by atoms with Crippen molar-refractivity contribution < 1.29 is 9.53 Å². The van der Waals surface area contributed by atoms with E-state index in [2.05, 4.69) is 0 Å². The van der Waals surface area contributed by atoms with Crippen molar-refractivity contribution in [1.29, 1.82) is 0 Å². The first-order chi connectivity index (χ1) is 7.13. The van der Waals surface area contributed by atoms with Crippen LogP contribution in [0, 0.1) is 6.92 Å². The van der Waals surface area contributed by atoms with E-state index in [9.17, 15) is 4.79 Å². The molecule has 0 spiro atoms. The Bertz CT molecular complexity index is 347. The third kappa shape index (κ3) is 4.02. The lowest BCUT2D eigenvalue weighted by atomic mass is 10.1. The minimum Gasteiger partial charge on any atom is -0.384 e. The molecule has 0 aliphatic heterocycles. The van der Waals surface area contributed by atoms with Gasteiger partial charge in [-0.3, -0.25) is 4.79 Å². The summed E-state index contributed by atoms with van der Waals surface area (Å²) in [5, 5.41) is 0.667. The number of benzene rings is 1. The Morgan fingerprint density at radius 3 is 2.80 bits per heavy atom. The smallest absolute Gasteiger partial charge is 0.139 e. The van der Waals surface area contributed by atoms with E-state index in [0.717, 1.165) is 11.1 Å². The van der Waals surface area contributed by atoms with Gasteiger partial charge >= 0.3 is 0 Å². The van der Waals surface area contributed by atoms with E-state index in [1.807, 2.05) is 25.1 Å². The van der Waals surface area contributed by atoms with Crippen LogP contribution < -0.4 is 0 Å². The van der Waals surface area contributed by atoms with Crippen LogP contribution in [0.25, 0.3) is 0 Å². The second kappa shape index (κ2) is 5.89. The Balaban J connectivity index is 2.60. The number of carbonyl (C=O) groups is 1. The summed E-state index contributed by atoms with van der Waals surface area (Å²) < 4.78 is 4.85.